The summed E-state index contributed by atoms with van der Waals surface area (Å²) in [7, 11) is 0. The monoisotopic (exact) mass is 435 g/mol. The Labute approximate surface area is 195 Å². The third-order valence-electron chi connectivity index (χ3n) is 6.65. The summed E-state index contributed by atoms with van der Waals surface area (Å²) in [5.41, 5.74) is 5.46. The summed E-state index contributed by atoms with van der Waals surface area (Å²) in [6.07, 6.45) is 16.7. The average Bonchev–Trinajstić information content (AvgIpc) is 3.19. The van der Waals surface area contributed by atoms with Crippen molar-refractivity contribution in [2.45, 2.75) is 25.2 Å². The Morgan fingerprint density at radius 1 is 1.00 bits per heavy atom. The number of hydrogen-bond acceptors (Lipinski definition) is 3. The summed E-state index contributed by atoms with van der Waals surface area (Å²) in [5, 5.41) is 1.15. The number of nitrogens with zero attached hydrogens (tertiary/aromatic N) is 1. The highest BCUT2D eigenvalue weighted by Crippen LogP contribution is 2.31. The molecule has 0 fully saturated rings. The minimum atomic E-state index is -0.123. The molecule has 2 aliphatic rings. The number of carbonyl (C=O) groups excluding carboxylic acids is 1. The average molecular weight is 436 g/mol. The lowest BCUT2D eigenvalue weighted by molar-refractivity contribution is -0.116. The fraction of sp³-hybridized carbons (Fsp3) is 0.233. The molecule has 0 amide bonds. The zero-order valence-electron chi connectivity index (χ0n) is 18.8. The van der Waals surface area contributed by atoms with Crippen molar-refractivity contribution in [2.75, 3.05) is 19.6 Å². The number of allylic oxidation sites excluding steroid dienone is 6. The molecule has 0 saturated carbocycles. The maximum Gasteiger partial charge on any atom is 0.170 e. The summed E-state index contributed by atoms with van der Waals surface area (Å²) in [4.78, 5) is 15.9. The maximum absolute atomic E-state index is 13.5. The zero-order valence-corrected chi connectivity index (χ0v) is 18.8. The molecule has 33 heavy (non-hydrogen) atoms. The van der Waals surface area contributed by atoms with Gasteiger partial charge in [-0.2, -0.15) is 0 Å². The quantitative estimate of drug-likeness (QED) is 0.414. The number of rotatable bonds is 7. The molecule has 2 aromatic carbocycles. The van der Waals surface area contributed by atoms with Gasteiger partial charge in [-0.15, -0.1) is 0 Å². The first-order valence-electron chi connectivity index (χ1n) is 11.8. The van der Waals surface area contributed by atoms with Gasteiger partial charge in [0.1, 0.15) is 5.58 Å². The van der Waals surface area contributed by atoms with Gasteiger partial charge < -0.3 is 4.42 Å². The van der Waals surface area contributed by atoms with E-state index in [2.05, 4.69) is 47.4 Å². The van der Waals surface area contributed by atoms with Crippen molar-refractivity contribution in [2.24, 2.45) is 0 Å². The van der Waals surface area contributed by atoms with Crippen molar-refractivity contribution in [3.63, 3.8) is 0 Å². The standard InChI is InChI=1S/C30H29NO2/c32-29(25-11-4-1-2-5-12-25)27(23-9-6-3-7-10-23)17-21-31-19-15-24(16-20-31)28-14-8-13-26-18-22-33-30(26)28/h1-4,6-15,18,22,27H,5,16-17,19-21H2. The van der Waals surface area contributed by atoms with Crippen LogP contribution in [0.25, 0.3) is 16.5 Å². The van der Waals surface area contributed by atoms with Gasteiger partial charge in [0.25, 0.3) is 0 Å². The highest BCUT2D eigenvalue weighted by atomic mass is 16.3. The van der Waals surface area contributed by atoms with Crippen molar-refractivity contribution in [3.05, 3.63) is 114 Å². The Balaban J connectivity index is 1.29. The molecule has 0 bridgehead atoms. The number of para-hydroxylation sites is 1. The van der Waals surface area contributed by atoms with E-state index >= 15 is 0 Å². The molecule has 0 N–H and O–H groups in total. The van der Waals surface area contributed by atoms with E-state index in [-0.39, 0.29) is 11.7 Å². The van der Waals surface area contributed by atoms with Gasteiger partial charge in [-0.05, 0) is 43.0 Å². The summed E-state index contributed by atoms with van der Waals surface area (Å²) in [6, 6.07) is 18.6. The third-order valence-corrected chi connectivity index (χ3v) is 6.65. The Morgan fingerprint density at radius 2 is 1.91 bits per heavy atom. The summed E-state index contributed by atoms with van der Waals surface area (Å²) >= 11 is 0. The largest absolute Gasteiger partial charge is 0.464 e. The van der Waals surface area contributed by atoms with Gasteiger partial charge in [0.2, 0.25) is 0 Å². The molecule has 166 valence electrons. The van der Waals surface area contributed by atoms with Crippen molar-refractivity contribution < 1.29 is 9.21 Å². The lowest BCUT2D eigenvalue weighted by Gasteiger charge is -2.28. The van der Waals surface area contributed by atoms with Gasteiger partial charge in [-0.3, -0.25) is 9.69 Å². The van der Waals surface area contributed by atoms with Crippen LogP contribution in [0.5, 0.6) is 0 Å². The number of carbonyl (C=O) groups is 1. The smallest absolute Gasteiger partial charge is 0.170 e. The lowest BCUT2D eigenvalue weighted by atomic mass is 9.87. The van der Waals surface area contributed by atoms with Crippen LogP contribution in [0.1, 0.15) is 36.3 Å². The van der Waals surface area contributed by atoms with Crippen LogP contribution in [-0.4, -0.2) is 30.3 Å². The molecule has 1 aliphatic carbocycles. The van der Waals surface area contributed by atoms with Crippen LogP contribution >= 0.6 is 0 Å². The first-order valence-corrected chi connectivity index (χ1v) is 11.8. The van der Waals surface area contributed by atoms with E-state index in [1.807, 2.05) is 48.6 Å². The van der Waals surface area contributed by atoms with E-state index in [0.29, 0.717) is 0 Å². The van der Waals surface area contributed by atoms with E-state index in [1.54, 1.807) is 6.26 Å². The molecule has 3 nitrogen and oxygen atoms in total. The van der Waals surface area contributed by atoms with Gasteiger partial charge >= 0.3 is 0 Å². The fourth-order valence-electron chi connectivity index (χ4n) is 4.81. The molecule has 0 radical (unpaired) electrons. The Bertz CT molecular complexity index is 1240. The normalized spacial score (nSPS) is 17.5. The van der Waals surface area contributed by atoms with Crippen molar-refractivity contribution in [3.8, 4) is 0 Å². The second-order valence-electron chi connectivity index (χ2n) is 8.72. The minimum absolute atomic E-state index is 0.123. The molecule has 1 unspecified atom stereocenters. The van der Waals surface area contributed by atoms with E-state index in [1.165, 1.54) is 11.1 Å². The van der Waals surface area contributed by atoms with Crippen molar-refractivity contribution in [1.29, 1.82) is 0 Å². The molecular weight excluding hydrogens is 406 g/mol. The highest BCUT2D eigenvalue weighted by molar-refractivity contribution is 6.02. The van der Waals surface area contributed by atoms with E-state index in [9.17, 15) is 4.79 Å². The predicted molar refractivity (Wildman–Crippen MR) is 135 cm³/mol. The first-order chi connectivity index (χ1) is 16.3. The molecule has 3 aromatic rings. The zero-order chi connectivity index (χ0) is 22.5. The number of furan rings is 1. The van der Waals surface area contributed by atoms with Crippen LogP contribution < -0.4 is 0 Å². The second-order valence-corrected chi connectivity index (χ2v) is 8.72. The fourth-order valence-corrected chi connectivity index (χ4v) is 4.81. The van der Waals surface area contributed by atoms with Crippen LogP contribution in [0.3, 0.4) is 0 Å². The SMILES string of the molecule is O=C(C1=CCC=CC=C1)C(CCN1CC=C(c2cccc3ccoc23)CC1)c1ccccc1. The molecule has 0 saturated heterocycles. The van der Waals surface area contributed by atoms with Crippen LogP contribution in [0.4, 0.5) is 0 Å². The predicted octanol–water partition coefficient (Wildman–Crippen LogP) is 6.71. The number of Topliss-reactive ketones (excluding diaryl/α,β-unsaturated/α-hetero) is 1. The van der Waals surface area contributed by atoms with Crippen molar-refractivity contribution >= 4 is 22.3 Å². The lowest BCUT2D eigenvalue weighted by Crippen LogP contribution is -2.31. The van der Waals surface area contributed by atoms with Crippen LogP contribution in [0.2, 0.25) is 0 Å². The highest BCUT2D eigenvalue weighted by Gasteiger charge is 2.24. The molecule has 2 heterocycles. The van der Waals surface area contributed by atoms with Gasteiger partial charge in [-0.1, -0.05) is 85.0 Å². The van der Waals surface area contributed by atoms with Crippen LogP contribution in [-0.2, 0) is 4.79 Å². The van der Waals surface area contributed by atoms with Crippen LogP contribution in [0, 0.1) is 0 Å². The van der Waals surface area contributed by atoms with E-state index < -0.39 is 0 Å². The third kappa shape index (κ3) is 4.84. The second kappa shape index (κ2) is 10.0. The van der Waals surface area contributed by atoms with Gasteiger partial charge in [0.05, 0.1) is 6.26 Å². The number of ketones is 1. The Morgan fingerprint density at radius 3 is 2.76 bits per heavy atom. The molecule has 1 aromatic heterocycles. The van der Waals surface area contributed by atoms with E-state index in [4.69, 9.17) is 4.42 Å². The molecule has 0 spiro atoms. The first kappa shape index (κ1) is 21.4. The topological polar surface area (TPSA) is 33.5 Å². The summed E-state index contributed by atoms with van der Waals surface area (Å²) in [5.74, 6) is 0.0985. The maximum atomic E-state index is 13.5. The molecule has 1 aliphatic heterocycles. The van der Waals surface area contributed by atoms with Gasteiger partial charge in [0.15, 0.2) is 5.78 Å². The number of hydrogen-bond donors (Lipinski definition) is 0. The minimum Gasteiger partial charge on any atom is -0.464 e. The molecule has 3 heteroatoms. The number of fused-ring (bicyclic) bond motifs is 1. The number of benzene rings is 2. The molecule has 1 atom stereocenters. The Hall–Kier alpha value is -3.43. The van der Waals surface area contributed by atoms with Gasteiger partial charge in [0, 0.05) is 35.5 Å². The summed E-state index contributed by atoms with van der Waals surface area (Å²) in [6.45, 7) is 2.79. The molecule has 5 rings (SSSR count). The summed E-state index contributed by atoms with van der Waals surface area (Å²) < 4.78 is 5.74. The van der Waals surface area contributed by atoms with E-state index in [0.717, 1.165) is 61.0 Å². The van der Waals surface area contributed by atoms with Crippen LogP contribution in [0.15, 0.2) is 107 Å². The van der Waals surface area contributed by atoms with Gasteiger partial charge in [-0.25, -0.2) is 0 Å². The van der Waals surface area contributed by atoms with Crippen molar-refractivity contribution in [1.82, 2.24) is 4.90 Å². The molecular formula is C30H29NO2. The Kier molecular flexibility index (Phi) is 6.50.